The predicted molar refractivity (Wildman–Crippen MR) is 104 cm³/mol. The Hall–Kier alpha value is -2.48. The zero-order chi connectivity index (χ0) is 24.3. The van der Waals surface area contributed by atoms with Gasteiger partial charge in [-0.25, -0.2) is 13.4 Å². The van der Waals surface area contributed by atoms with E-state index in [-0.39, 0.29) is 11.6 Å². The molecule has 14 heteroatoms. The van der Waals surface area contributed by atoms with E-state index in [1.807, 2.05) is 13.8 Å². The van der Waals surface area contributed by atoms with Crippen LogP contribution in [0.4, 0.5) is 32.0 Å². The van der Waals surface area contributed by atoms with Crippen LogP contribution < -0.4 is 4.72 Å². The molecule has 1 unspecified atom stereocenters. The van der Waals surface area contributed by atoms with Gasteiger partial charge < -0.3 is 14.4 Å². The Balaban J connectivity index is 2.49. The number of nitrogens with zero attached hydrogens (tertiary/aromatic N) is 2. The molecule has 0 saturated heterocycles. The molecule has 0 fully saturated rings. The fourth-order valence-corrected chi connectivity index (χ4v) is 3.99. The molecule has 1 N–H and O–H groups in total. The number of hydrogen-bond donors (Lipinski definition) is 1. The van der Waals surface area contributed by atoms with Gasteiger partial charge in [-0.2, -0.15) is 26.3 Å². The number of nitrogens with one attached hydrogen (secondary N) is 1. The third kappa shape index (κ3) is 7.29. The van der Waals surface area contributed by atoms with Crippen molar-refractivity contribution in [1.29, 1.82) is 0 Å². The molecule has 0 spiro atoms. The highest BCUT2D eigenvalue weighted by Crippen LogP contribution is 2.31. The first-order chi connectivity index (χ1) is 14.6. The Bertz CT molecular complexity index is 974. The van der Waals surface area contributed by atoms with Crippen molar-refractivity contribution >= 4 is 22.0 Å². The van der Waals surface area contributed by atoms with Crippen molar-refractivity contribution in [3.63, 3.8) is 0 Å². The molecule has 32 heavy (non-hydrogen) atoms. The second-order valence-electron chi connectivity index (χ2n) is 7.15. The lowest BCUT2D eigenvalue weighted by molar-refractivity contribution is -0.191. The molecule has 0 radical (unpaired) electrons. The number of anilines is 1. The van der Waals surface area contributed by atoms with Gasteiger partial charge in [-0.3, -0.25) is 4.72 Å². The van der Waals surface area contributed by atoms with Crippen molar-refractivity contribution in [2.24, 2.45) is 4.99 Å². The Morgan fingerprint density at radius 2 is 1.75 bits per heavy atom. The lowest BCUT2D eigenvalue weighted by atomic mass is 10.0. The van der Waals surface area contributed by atoms with Crippen LogP contribution >= 0.6 is 0 Å². The fraction of sp³-hybridized carbons (Fsp3) is 0.500. The summed E-state index contributed by atoms with van der Waals surface area (Å²) < 4.78 is 113. The smallest absolute Gasteiger partial charge is 0.422 e. The molecule has 0 aliphatic carbocycles. The van der Waals surface area contributed by atoms with Crippen LogP contribution in [0.3, 0.4) is 0 Å². The highest BCUT2D eigenvalue weighted by atomic mass is 32.2. The van der Waals surface area contributed by atoms with E-state index in [1.54, 1.807) is 12.1 Å². The van der Waals surface area contributed by atoms with E-state index in [4.69, 9.17) is 4.74 Å². The molecular formula is C18H21F6N3O4S. The van der Waals surface area contributed by atoms with Gasteiger partial charge in [-0.15, -0.1) is 0 Å². The van der Waals surface area contributed by atoms with Crippen LogP contribution in [0.5, 0.6) is 0 Å². The summed E-state index contributed by atoms with van der Waals surface area (Å²) in [6.45, 7) is -0.0580. The third-order valence-corrected chi connectivity index (χ3v) is 5.49. The maximum absolute atomic E-state index is 13.1. The molecule has 1 heterocycles. The lowest BCUT2D eigenvalue weighted by Gasteiger charge is -2.32. The van der Waals surface area contributed by atoms with E-state index >= 15 is 0 Å². The molecular weight excluding hydrogens is 468 g/mol. The average molecular weight is 489 g/mol. The maximum atomic E-state index is 13.1. The molecule has 0 bridgehead atoms. The monoisotopic (exact) mass is 489 g/mol. The molecule has 7 nitrogen and oxygen atoms in total. The van der Waals surface area contributed by atoms with Crippen molar-refractivity contribution in [2.45, 2.75) is 38.3 Å². The van der Waals surface area contributed by atoms with Gasteiger partial charge in [-0.05, 0) is 23.6 Å². The quantitative estimate of drug-likeness (QED) is 0.555. The van der Waals surface area contributed by atoms with Gasteiger partial charge in [0.05, 0.1) is 6.34 Å². The number of benzene rings is 1. The summed E-state index contributed by atoms with van der Waals surface area (Å²) >= 11 is 0. The normalized spacial score (nSPS) is 17.8. The summed E-state index contributed by atoms with van der Waals surface area (Å²) in [4.78, 5) is 3.37. The summed E-state index contributed by atoms with van der Waals surface area (Å²) in [5.74, 6) is -1.00. The molecule has 0 aromatic heterocycles. The summed E-state index contributed by atoms with van der Waals surface area (Å²) in [5.41, 5.74) is 0.794. The van der Waals surface area contributed by atoms with Crippen molar-refractivity contribution in [2.75, 3.05) is 25.0 Å². The van der Waals surface area contributed by atoms with Gasteiger partial charge >= 0.3 is 12.4 Å². The minimum absolute atomic E-state index is 0.0256. The van der Waals surface area contributed by atoms with Crippen LogP contribution in [0.1, 0.15) is 25.3 Å². The topological polar surface area (TPSA) is 80.2 Å². The van der Waals surface area contributed by atoms with Crippen LogP contribution in [0.15, 0.2) is 40.0 Å². The first-order valence-corrected chi connectivity index (χ1v) is 10.6. The zero-order valence-electron chi connectivity index (χ0n) is 17.2. The number of sulfonamides is 1. The summed E-state index contributed by atoms with van der Waals surface area (Å²) in [6.07, 6.45) is -10.8. The molecule has 1 aromatic carbocycles. The number of halogens is 6. The van der Waals surface area contributed by atoms with Gasteiger partial charge in [0.15, 0.2) is 17.7 Å². The second-order valence-corrected chi connectivity index (χ2v) is 8.80. The Morgan fingerprint density at radius 3 is 2.31 bits per heavy atom. The second kappa shape index (κ2) is 9.57. The van der Waals surface area contributed by atoms with Crippen molar-refractivity contribution in [3.05, 3.63) is 40.6 Å². The predicted octanol–water partition coefficient (Wildman–Crippen LogP) is 4.18. The number of likely N-dealkylation sites (N-methyl/N-ethyl adjacent to an activating group) is 1. The number of alkyl halides is 6. The van der Waals surface area contributed by atoms with Crippen LogP contribution in [-0.4, -0.2) is 58.5 Å². The number of aliphatic imine (C=N–C) groups is 1. The lowest BCUT2D eigenvalue weighted by Crippen LogP contribution is -2.43. The van der Waals surface area contributed by atoms with E-state index in [0.717, 1.165) is 23.8 Å². The number of ether oxygens (including phenoxy) is 2. The minimum Gasteiger partial charge on any atom is -0.467 e. The van der Waals surface area contributed by atoms with E-state index in [9.17, 15) is 34.8 Å². The van der Waals surface area contributed by atoms with E-state index < -0.39 is 52.6 Å². The molecule has 180 valence electrons. The molecule has 1 aliphatic rings. The standard InChI is InChI=1S/C18H21F6N3O4S/c1-11(2)12-5-4-6-13(7-12)26-32(28,29)14-15(30-8-17(19,20)21)25-10-27(3)16(14)31-9-18(22,23)24/h4-7,10-11,16,26H,8-9H2,1-3H3. The zero-order valence-corrected chi connectivity index (χ0v) is 18.0. The number of hydrogen-bond acceptors (Lipinski definition) is 6. The first kappa shape index (κ1) is 25.8. The van der Waals surface area contributed by atoms with Crippen molar-refractivity contribution in [3.8, 4) is 0 Å². The SMILES string of the molecule is CC(C)c1cccc(NS(=O)(=O)C2=C(OCC(F)(F)F)N=CN(C)C2OCC(F)(F)F)c1. The van der Waals surface area contributed by atoms with E-state index in [1.165, 1.54) is 12.1 Å². The fourth-order valence-electron chi connectivity index (χ4n) is 2.60. The first-order valence-electron chi connectivity index (χ1n) is 9.10. The number of rotatable bonds is 8. The van der Waals surface area contributed by atoms with Crippen LogP contribution in [0.25, 0.3) is 0 Å². The third-order valence-electron chi connectivity index (χ3n) is 4.03. The van der Waals surface area contributed by atoms with Gasteiger partial charge in [0, 0.05) is 12.7 Å². The molecule has 1 aromatic rings. The molecule has 1 atom stereocenters. The van der Waals surface area contributed by atoms with E-state index in [2.05, 4.69) is 14.5 Å². The maximum Gasteiger partial charge on any atom is 0.422 e. The molecule has 2 rings (SSSR count). The summed E-state index contributed by atoms with van der Waals surface area (Å²) in [6, 6.07) is 6.14. The Morgan fingerprint density at radius 1 is 1.12 bits per heavy atom. The van der Waals surface area contributed by atoms with Crippen molar-refractivity contribution < 1.29 is 44.2 Å². The average Bonchev–Trinajstić information content (AvgIpc) is 2.64. The van der Waals surface area contributed by atoms with Gasteiger partial charge in [0.25, 0.3) is 10.0 Å². The highest BCUT2D eigenvalue weighted by Gasteiger charge is 2.41. The Kier molecular flexibility index (Phi) is 7.71. The minimum atomic E-state index is -4.85. The van der Waals surface area contributed by atoms with Crippen LogP contribution in [-0.2, 0) is 19.5 Å². The molecule has 1 aliphatic heterocycles. The largest absolute Gasteiger partial charge is 0.467 e. The van der Waals surface area contributed by atoms with Crippen LogP contribution in [0.2, 0.25) is 0 Å². The molecule has 0 saturated carbocycles. The van der Waals surface area contributed by atoms with E-state index in [0.29, 0.717) is 0 Å². The van der Waals surface area contributed by atoms with Gasteiger partial charge in [-0.1, -0.05) is 26.0 Å². The summed E-state index contributed by atoms with van der Waals surface area (Å²) in [7, 11) is -3.60. The molecule has 0 amide bonds. The highest BCUT2D eigenvalue weighted by molar-refractivity contribution is 7.96. The summed E-state index contributed by atoms with van der Waals surface area (Å²) in [5, 5.41) is 0. The van der Waals surface area contributed by atoms with Gasteiger partial charge in [0.2, 0.25) is 5.88 Å². The Labute approximate surface area is 180 Å². The van der Waals surface area contributed by atoms with Gasteiger partial charge in [0.1, 0.15) is 6.61 Å². The van der Waals surface area contributed by atoms with Crippen molar-refractivity contribution in [1.82, 2.24) is 4.90 Å². The van der Waals surface area contributed by atoms with Crippen LogP contribution in [0, 0.1) is 0 Å².